The van der Waals surface area contributed by atoms with E-state index in [1.165, 1.54) is 6.20 Å². The molecule has 0 spiro atoms. The fourth-order valence-corrected chi connectivity index (χ4v) is 4.31. The van der Waals surface area contributed by atoms with E-state index in [1.54, 1.807) is 6.07 Å². The first-order valence-corrected chi connectivity index (χ1v) is 11.4. The largest absolute Gasteiger partial charge is 0.376 e. The van der Waals surface area contributed by atoms with Crippen molar-refractivity contribution in [1.29, 1.82) is 0 Å². The van der Waals surface area contributed by atoms with Crippen LogP contribution in [0, 0.1) is 5.92 Å². The number of nitrogens with zero attached hydrogens (tertiary/aromatic N) is 2. The highest BCUT2D eigenvalue weighted by Crippen LogP contribution is 2.30. The maximum Gasteiger partial charge on any atom is 0.255 e. The van der Waals surface area contributed by atoms with Gasteiger partial charge in [-0.05, 0) is 50.8 Å². The molecule has 0 radical (unpaired) electrons. The van der Waals surface area contributed by atoms with Gasteiger partial charge in [-0.25, -0.2) is 9.97 Å². The molecule has 4 heterocycles. The van der Waals surface area contributed by atoms with Gasteiger partial charge in [-0.2, -0.15) is 0 Å². The number of amides is 1. The van der Waals surface area contributed by atoms with Gasteiger partial charge in [0.1, 0.15) is 17.7 Å². The molecule has 8 nitrogen and oxygen atoms in total. The Labute approximate surface area is 193 Å². The van der Waals surface area contributed by atoms with Crippen molar-refractivity contribution >= 4 is 29.1 Å². The number of halogens is 1. The summed E-state index contributed by atoms with van der Waals surface area (Å²) in [7, 11) is 0. The summed E-state index contributed by atoms with van der Waals surface area (Å²) in [5, 5.41) is 9.87. The smallest absolute Gasteiger partial charge is 0.255 e. The predicted octanol–water partition coefficient (Wildman–Crippen LogP) is 3.34. The van der Waals surface area contributed by atoms with Crippen LogP contribution in [0.5, 0.6) is 0 Å². The Morgan fingerprint density at radius 1 is 1.31 bits per heavy atom. The van der Waals surface area contributed by atoms with Gasteiger partial charge in [0.05, 0.1) is 22.9 Å². The molecule has 0 saturated carbocycles. The Morgan fingerprint density at radius 2 is 2.19 bits per heavy atom. The molecule has 32 heavy (non-hydrogen) atoms. The number of anilines is 2. The number of aromatic nitrogens is 2. The number of carbonyl (C=O) groups is 1. The Morgan fingerprint density at radius 3 is 2.97 bits per heavy atom. The summed E-state index contributed by atoms with van der Waals surface area (Å²) in [5.74, 6) is 1.49. The van der Waals surface area contributed by atoms with E-state index in [9.17, 15) is 4.79 Å². The van der Waals surface area contributed by atoms with Crippen molar-refractivity contribution in [2.24, 2.45) is 5.92 Å². The fraction of sp³-hybridized carbons (Fsp3) is 0.522. The van der Waals surface area contributed by atoms with Gasteiger partial charge >= 0.3 is 0 Å². The second-order valence-corrected chi connectivity index (χ2v) is 9.27. The van der Waals surface area contributed by atoms with Crippen molar-refractivity contribution in [2.75, 3.05) is 43.5 Å². The molecule has 3 N–H and O–H groups in total. The lowest BCUT2D eigenvalue weighted by molar-refractivity contribution is -0.128. The second-order valence-electron chi connectivity index (χ2n) is 8.86. The maximum absolute atomic E-state index is 12.5. The summed E-state index contributed by atoms with van der Waals surface area (Å²) < 4.78 is 11.3. The van der Waals surface area contributed by atoms with Gasteiger partial charge < -0.3 is 25.4 Å². The van der Waals surface area contributed by atoms with Gasteiger partial charge in [-0.1, -0.05) is 17.7 Å². The first-order chi connectivity index (χ1) is 15.4. The third-order valence-corrected chi connectivity index (χ3v) is 6.02. The lowest BCUT2D eigenvalue weighted by Crippen LogP contribution is -2.45. The number of nitrogens with one attached hydrogen (secondary N) is 3. The van der Waals surface area contributed by atoms with Gasteiger partial charge in [0.2, 0.25) is 0 Å². The first kappa shape index (κ1) is 22.9. The van der Waals surface area contributed by atoms with Crippen LogP contribution in [0.1, 0.15) is 26.7 Å². The SMILES string of the molecule is CC1(C)CC(CNc2cccc(-c3cc(NC(=O)C4CNCCO4)ncc3Cl)n2)CCO1. The summed E-state index contributed by atoms with van der Waals surface area (Å²) in [5.41, 5.74) is 1.33. The molecule has 172 valence electrons. The van der Waals surface area contributed by atoms with Crippen LogP contribution in [0.4, 0.5) is 11.6 Å². The van der Waals surface area contributed by atoms with Crippen LogP contribution in [-0.4, -0.2) is 60.4 Å². The molecular weight excluding hydrogens is 430 g/mol. The van der Waals surface area contributed by atoms with Crippen LogP contribution in [0.2, 0.25) is 5.02 Å². The lowest BCUT2D eigenvalue weighted by Gasteiger charge is -2.35. The number of morpholine rings is 1. The van der Waals surface area contributed by atoms with Gasteiger partial charge in [0.15, 0.2) is 0 Å². The third kappa shape index (κ3) is 5.95. The van der Waals surface area contributed by atoms with Crippen LogP contribution in [0.25, 0.3) is 11.3 Å². The normalized spacial score (nSPS) is 22.8. The van der Waals surface area contributed by atoms with E-state index >= 15 is 0 Å². The molecule has 0 bridgehead atoms. The Kier molecular flexibility index (Phi) is 7.25. The standard InChI is InChI=1S/C23H30ClN5O3/c1-23(2)11-15(6-8-32-23)12-26-20-5-3-4-18(28-20)16-10-21(27-13-17(16)24)29-22(30)19-14-25-7-9-31-19/h3-5,10,13,15,19,25H,6-9,11-12,14H2,1-2H3,(H,26,28)(H,27,29,30). The molecule has 1 amide bonds. The number of pyridine rings is 2. The molecule has 2 aliphatic rings. The molecule has 2 saturated heterocycles. The number of hydrogen-bond acceptors (Lipinski definition) is 7. The summed E-state index contributed by atoms with van der Waals surface area (Å²) in [6, 6.07) is 7.52. The van der Waals surface area contributed by atoms with Gasteiger partial charge in [0, 0.05) is 38.0 Å². The van der Waals surface area contributed by atoms with E-state index in [0.717, 1.165) is 38.4 Å². The van der Waals surface area contributed by atoms with E-state index in [4.69, 9.17) is 26.1 Å². The van der Waals surface area contributed by atoms with E-state index in [1.807, 2.05) is 18.2 Å². The zero-order valence-electron chi connectivity index (χ0n) is 18.5. The Bertz CT molecular complexity index is 949. The van der Waals surface area contributed by atoms with Crippen LogP contribution < -0.4 is 16.0 Å². The quantitative estimate of drug-likeness (QED) is 0.609. The minimum absolute atomic E-state index is 0.0794. The Balaban J connectivity index is 1.43. The highest BCUT2D eigenvalue weighted by atomic mass is 35.5. The van der Waals surface area contributed by atoms with E-state index in [2.05, 4.69) is 34.8 Å². The number of hydrogen-bond donors (Lipinski definition) is 3. The highest BCUT2D eigenvalue weighted by Gasteiger charge is 2.28. The molecule has 4 rings (SSSR count). The zero-order chi connectivity index (χ0) is 22.6. The van der Waals surface area contributed by atoms with Gasteiger partial charge in [-0.3, -0.25) is 4.79 Å². The van der Waals surface area contributed by atoms with Crippen LogP contribution in [-0.2, 0) is 14.3 Å². The number of ether oxygens (including phenoxy) is 2. The van der Waals surface area contributed by atoms with Gasteiger partial charge in [0.25, 0.3) is 5.91 Å². The maximum atomic E-state index is 12.5. The molecule has 9 heteroatoms. The summed E-state index contributed by atoms with van der Waals surface area (Å²) in [6.45, 7) is 7.63. The molecule has 0 aliphatic carbocycles. The van der Waals surface area contributed by atoms with Crippen LogP contribution in [0.15, 0.2) is 30.5 Å². The monoisotopic (exact) mass is 459 g/mol. The Hall–Kier alpha value is -2.26. The molecule has 2 unspecified atom stereocenters. The van der Waals surface area contributed by atoms with E-state index in [0.29, 0.717) is 41.2 Å². The molecule has 2 fully saturated rings. The molecular formula is C23H30ClN5O3. The lowest BCUT2D eigenvalue weighted by atomic mass is 9.88. The molecule has 2 aromatic heterocycles. The summed E-state index contributed by atoms with van der Waals surface area (Å²) >= 11 is 6.41. The number of carbonyl (C=O) groups excluding carboxylic acids is 1. The number of rotatable bonds is 6. The molecule has 2 aliphatic heterocycles. The fourth-order valence-electron chi connectivity index (χ4n) is 4.11. The van der Waals surface area contributed by atoms with Gasteiger partial charge in [-0.15, -0.1) is 0 Å². The van der Waals surface area contributed by atoms with Crippen molar-refractivity contribution in [1.82, 2.24) is 15.3 Å². The second kappa shape index (κ2) is 10.1. The average molecular weight is 460 g/mol. The van der Waals surface area contributed by atoms with Crippen molar-refractivity contribution in [2.45, 2.75) is 38.4 Å². The molecule has 0 aromatic carbocycles. The van der Waals surface area contributed by atoms with Crippen molar-refractivity contribution in [3.05, 3.63) is 35.5 Å². The van der Waals surface area contributed by atoms with Crippen LogP contribution in [0.3, 0.4) is 0 Å². The van der Waals surface area contributed by atoms with E-state index < -0.39 is 6.10 Å². The predicted molar refractivity (Wildman–Crippen MR) is 125 cm³/mol. The van der Waals surface area contributed by atoms with Crippen molar-refractivity contribution in [3.8, 4) is 11.3 Å². The molecule has 2 aromatic rings. The topological polar surface area (TPSA) is 97.4 Å². The van der Waals surface area contributed by atoms with E-state index in [-0.39, 0.29) is 11.5 Å². The summed E-state index contributed by atoms with van der Waals surface area (Å²) in [6.07, 6.45) is 3.04. The van der Waals surface area contributed by atoms with Crippen molar-refractivity contribution in [3.63, 3.8) is 0 Å². The highest BCUT2D eigenvalue weighted by molar-refractivity contribution is 6.33. The van der Waals surface area contributed by atoms with Crippen molar-refractivity contribution < 1.29 is 14.3 Å². The molecule has 2 atom stereocenters. The average Bonchev–Trinajstić information content (AvgIpc) is 2.79. The summed E-state index contributed by atoms with van der Waals surface area (Å²) in [4.78, 5) is 21.4. The first-order valence-electron chi connectivity index (χ1n) is 11.0. The zero-order valence-corrected chi connectivity index (χ0v) is 19.2. The minimum Gasteiger partial charge on any atom is -0.376 e. The minimum atomic E-state index is -0.537. The van der Waals surface area contributed by atoms with Crippen LogP contribution >= 0.6 is 11.6 Å². The third-order valence-electron chi connectivity index (χ3n) is 5.72.